The molecule has 2 aromatic carbocycles. The second-order valence-electron chi connectivity index (χ2n) is 10.3. The Morgan fingerprint density at radius 2 is 1.82 bits per heavy atom. The van der Waals surface area contributed by atoms with Gasteiger partial charge in [-0.3, -0.25) is 9.59 Å². The van der Waals surface area contributed by atoms with Gasteiger partial charge in [-0.25, -0.2) is 4.98 Å². The third-order valence-corrected chi connectivity index (χ3v) is 8.73. The summed E-state index contributed by atoms with van der Waals surface area (Å²) >= 11 is 1.44. The summed E-state index contributed by atoms with van der Waals surface area (Å²) in [5, 5.41) is 2.58. The van der Waals surface area contributed by atoms with Crippen LogP contribution in [0.5, 0.6) is 5.75 Å². The lowest BCUT2D eigenvalue weighted by Gasteiger charge is -2.39. The first kappa shape index (κ1) is 26.4. The van der Waals surface area contributed by atoms with Crippen molar-refractivity contribution in [2.75, 3.05) is 19.6 Å². The highest BCUT2D eigenvalue weighted by Crippen LogP contribution is 2.40. The molecule has 2 heterocycles. The van der Waals surface area contributed by atoms with Gasteiger partial charge in [0.25, 0.3) is 5.91 Å². The molecule has 1 aliphatic heterocycles. The molecule has 0 radical (unpaired) electrons. The minimum absolute atomic E-state index is 0.0424. The lowest BCUT2D eigenvalue weighted by molar-refractivity contribution is -0.137. The molecule has 1 aliphatic carbocycles. The van der Waals surface area contributed by atoms with E-state index in [1.807, 2.05) is 25.3 Å². The van der Waals surface area contributed by atoms with E-state index < -0.39 is 0 Å². The highest BCUT2D eigenvalue weighted by molar-refractivity contribution is 7.09. The number of aryl methyl sites for hydroxylation is 1. The summed E-state index contributed by atoms with van der Waals surface area (Å²) in [6, 6.07) is 14.7. The van der Waals surface area contributed by atoms with Crippen molar-refractivity contribution in [2.45, 2.75) is 65.5 Å². The fraction of sp³-hybridized carbons (Fsp3) is 0.452. The molecular formula is C31H37N3O3S. The van der Waals surface area contributed by atoms with Gasteiger partial charge in [-0.1, -0.05) is 48.7 Å². The number of amides is 2. The van der Waals surface area contributed by atoms with Gasteiger partial charge in [-0.05, 0) is 68.9 Å². The Hall–Kier alpha value is -3.19. The molecule has 1 aromatic heterocycles. The number of ether oxygens (including phenoxy) is 1. The van der Waals surface area contributed by atoms with Crippen LogP contribution in [0, 0.1) is 12.8 Å². The molecule has 0 N–H and O–H groups in total. The highest BCUT2D eigenvalue weighted by Gasteiger charge is 2.36. The van der Waals surface area contributed by atoms with E-state index in [1.54, 1.807) is 4.90 Å². The lowest BCUT2D eigenvalue weighted by Crippen LogP contribution is -2.43. The molecule has 3 aromatic rings. The number of carbonyl (C=O) groups excluding carboxylic acids is 2. The smallest absolute Gasteiger partial charge is 0.273 e. The van der Waals surface area contributed by atoms with Crippen LogP contribution in [0.1, 0.15) is 83.3 Å². The van der Waals surface area contributed by atoms with Crippen molar-refractivity contribution in [3.8, 4) is 5.75 Å². The normalized spacial score (nSPS) is 17.3. The zero-order valence-electron chi connectivity index (χ0n) is 22.6. The van der Waals surface area contributed by atoms with Crippen molar-refractivity contribution >= 4 is 23.2 Å². The Kier molecular flexibility index (Phi) is 8.12. The van der Waals surface area contributed by atoms with Gasteiger partial charge in [0, 0.05) is 30.9 Å². The molecular weight excluding hydrogens is 494 g/mol. The van der Waals surface area contributed by atoms with Crippen molar-refractivity contribution < 1.29 is 14.3 Å². The van der Waals surface area contributed by atoms with Crippen molar-refractivity contribution in [2.24, 2.45) is 5.92 Å². The maximum absolute atomic E-state index is 13.7. The predicted octanol–water partition coefficient (Wildman–Crippen LogP) is 6.18. The quantitative estimate of drug-likeness (QED) is 0.348. The number of aromatic nitrogens is 1. The van der Waals surface area contributed by atoms with E-state index >= 15 is 0 Å². The number of fused-ring (bicyclic) bond motifs is 1. The molecule has 38 heavy (non-hydrogen) atoms. The van der Waals surface area contributed by atoms with E-state index in [9.17, 15) is 9.59 Å². The third-order valence-electron chi connectivity index (χ3n) is 7.91. The van der Waals surface area contributed by atoms with Crippen molar-refractivity contribution in [1.82, 2.24) is 14.8 Å². The van der Waals surface area contributed by atoms with E-state index in [0.717, 1.165) is 60.5 Å². The van der Waals surface area contributed by atoms with E-state index in [4.69, 9.17) is 4.74 Å². The van der Waals surface area contributed by atoms with Crippen LogP contribution < -0.4 is 4.74 Å². The summed E-state index contributed by atoms with van der Waals surface area (Å²) in [6.07, 6.45) is 5.14. The number of hydrogen-bond donors (Lipinski definition) is 0. The summed E-state index contributed by atoms with van der Waals surface area (Å²) in [4.78, 5) is 34.7. The van der Waals surface area contributed by atoms with Gasteiger partial charge >= 0.3 is 0 Å². The van der Waals surface area contributed by atoms with Gasteiger partial charge in [0.05, 0.1) is 6.04 Å². The first-order valence-corrected chi connectivity index (χ1v) is 14.7. The molecule has 2 amide bonds. The minimum atomic E-state index is -0.117. The SMILES string of the molecule is CCN(CC)C(=O)c1csc(COc2ccc3c(c2)C(c2ccc(C)cc2)N(C(=O)C2CCCC2)CC3)n1. The van der Waals surface area contributed by atoms with Crippen LogP contribution in [-0.2, 0) is 17.8 Å². The van der Waals surface area contributed by atoms with Crippen LogP contribution in [0.25, 0.3) is 0 Å². The van der Waals surface area contributed by atoms with E-state index in [2.05, 4.69) is 53.2 Å². The number of benzene rings is 2. The van der Waals surface area contributed by atoms with Crippen molar-refractivity contribution in [1.29, 1.82) is 0 Å². The Morgan fingerprint density at radius 1 is 1.08 bits per heavy atom. The van der Waals surface area contributed by atoms with Gasteiger partial charge in [0.2, 0.25) is 5.91 Å². The van der Waals surface area contributed by atoms with E-state index in [0.29, 0.717) is 31.3 Å². The summed E-state index contributed by atoms with van der Waals surface area (Å²) in [5.41, 5.74) is 5.22. The Labute approximate surface area is 229 Å². The van der Waals surface area contributed by atoms with Gasteiger partial charge < -0.3 is 14.5 Å². The van der Waals surface area contributed by atoms with E-state index in [1.165, 1.54) is 22.5 Å². The lowest BCUT2D eigenvalue weighted by atomic mass is 9.86. The highest BCUT2D eigenvalue weighted by atomic mass is 32.1. The minimum Gasteiger partial charge on any atom is -0.486 e. The van der Waals surface area contributed by atoms with Gasteiger partial charge in [0.1, 0.15) is 23.1 Å². The first-order valence-electron chi connectivity index (χ1n) is 13.8. The molecule has 0 bridgehead atoms. The molecule has 1 unspecified atom stereocenters. The fourth-order valence-corrected chi connectivity index (χ4v) is 6.41. The molecule has 6 nitrogen and oxygen atoms in total. The summed E-state index contributed by atoms with van der Waals surface area (Å²) < 4.78 is 6.18. The molecule has 2 aliphatic rings. The fourth-order valence-electron chi connectivity index (χ4n) is 5.73. The average molecular weight is 532 g/mol. The monoisotopic (exact) mass is 531 g/mol. The summed E-state index contributed by atoms with van der Waals surface area (Å²) in [6.45, 7) is 8.40. The zero-order chi connectivity index (χ0) is 26.6. The molecule has 1 atom stereocenters. The number of hydrogen-bond acceptors (Lipinski definition) is 5. The molecule has 1 saturated carbocycles. The molecule has 7 heteroatoms. The largest absolute Gasteiger partial charge is 0.486 e. The standard InChI is InChI=1S/C31H37N3O3S/c1-4-33(5-2)31(36)27-20-38-28(32-27)19-37-25-15-14-22-16-17-34(30(35)24-8-6-7-9-24)29(26(22)18-25)23-12-10-21(3)11-13-23/h10-15,18,20,24,29H,4-9,16-17,19H2,1-3H3. The summed E-state index contributed by atoms with van der Waals surface area (Å²) in [5.74, 6) is 1.14. The molecule has 1 fully saturated rings. The average Bonchev–Trinajstić information content (AvgIpc) is 3.65. The maximum Gasteiger partial charge on any atom is 0.273 e. The van der Waals surface area contributed by atoms with Crippen LogP contribution in [0.3, 0.4) is 0 Å². The Bertz CT molecular complexity index is 1280. The Balaban J connectivity index is 1.38. The van der Waals surface area contributed by atoms with Crippen molar-refractivity contribution in [3.63, 3.8) is 0 Å². The van der Waals surface area contributed by atoms with Gasteiger partial charge in [-0.15, -0.1) is 11.3 Å². The van der Waals surface area contributed by atoms with Crippen LogP contribution in [-0.4, -0.2) is 46.2 Å². The molecule has 0 spiro atoms. The Morgan fingerprint density at radius 3 is 2.53 bits per heavy atom. The van der Waals surface area contributed by atoms with Crippen molar-refractivity contribution in [3.05, 3.63) is 80.8 Å². The third kappa shape index (κ3) is 5.48. The number of carbonyl (C=O) groups is 2. The van der Waals surface area contributed by atoms with Crippen LogP contribution in [0.15, 0.2) is 47.8 Å². The number of rotatable bonds is 8. The number of nitrogens with zero attached hydrogens (tertiary/aromatic N) is 3. The van der Waals surface area contributed by atoms with Gasteiger partial charge in [-0.2, -0.15) is 0 Å². The predicted molar refractivity (Wildman–Crippen MR) is 151 cm³/mol. The van der Waals surface area contributed by atoms with Crippen LogP contribution >= 0.6 is 11.3 Å². The molecule has 0 saturated heterocycles. The zero-order valence-corrected chi connectivity index (χ0v) is 23.4. The molecule has 5 rings (SSSR count). The second-order valence-corrected chi connectivity index (χ2v) is 11.3. The van der Waals surface area contributed by atoms with Crippen LogP contribution in [0.4, 0.5) is 0 Å². The topological polar surface area (TPSA) is 62.7 Å². The van der Waals surface area contributed by atoms with Crippen LogP contribution in [0.2, 0.25) is 0 Å². The van der Waals surface area contributed by atoms with Gasteiger partial charge in [0.15, 0.2) is 0 Å². The number of thiazole rings is 1. The maximum atomic E-state index is 13.7. The second kappa shape index (κ2) is 11.7. The summed E-state index contributed by atoms with van der Waals surface area (Å²) in [7, 11) is 0. The first-order chi connectivity index (χ1) is 18.5. The van der Waals surface area contributed by atoms with E-state index in [-0.39, 0.29) is 17.9 Å². The molecule has 200 valence electrons.